The van der Waals surface area contributed by atoms with Crippen molar-refractivity contribution in [3.05, 3.63) is 22.9 Å². The number of oxime groups is 1. The van der Waals surface area contributed by atoms with Gasteiger partial charge in [0.2, 0.25) is 0 Å². The Morgan fingerprint density at radius 3 is 3.21 bits per heavy atom. The summed E-state index contributed by atoms with van der Waals surface area (Å²) in [5, 5.41) is 3.80. The Labute approximate surface area is 117 Å². The van der Waals surface area contributed by atoms with Gasteiger partial charge in [-0.05, 0) is 28.1 Å². The van der Waals surface area contributed by atoms with E-state index in [0.717, 1.165) is 0 Å². The van der Waals surface area contributed by atoms with E-state index in [1.807, 2.05) is 0 Å². The molecule has 8 heteroatoms. The quantitative estimate of drug-likeness (QED) is 0.825. The van der Waals surface area contributed by atoms with Crippen molar-refractivity contribution in [3.63, 3.8) is 0 Å². The van der Waals surface area contributed by atoms with Crippen LogP contribution in [0.4, 0.5) is 4.79 Å². The minimum Gasteiger partial charge on any atom is -0.487 e. The summed E-state index contributed by atoms with van der Waals surface area (Å²) in [6.07, 6.45) is 1.15. The van der Waals surface area contributed by atoms with Gasteiger partial charge in [-0.3, -0.25) is 0 Å². The number of hydrogen-bond acceptors (Lipinski definition) is 6. The summed E-state index contributed by atoms with van der Waals surface area (Å²) in [7, 11) is 0. The number of halogens is 1. The normalized spacial score (nSPS) is 17.5. The predicted octanol–water partition coefficient (Wildman–Crippen LogP) is 1.46. The lowest BCUT2D eigenvalue weighted by molar-refractivity contribution is 0.0467. The van der Waals surface area contributed by atoms with Gasteiger partial charge in [-0.2, -0.15) is 0 Å². The van der Waals surface area contributed by atoms with Crippen molar-refractivity contribution >= 4 is 27.7 Å². The third kappa shape index (κ3) is 4.09. The molecule has 1 aromatic rings. The van der Waals surface area contributed by atoms with Crippen molar-refractivity contribution in [2.45, 2.75) is 12.5 Å². The van der Waals surface area contributed by atoms with Crippen LogP contribution in [0.1, 0.15) is 6.42 Å². The highest BCUT2D eigenvalue weighted by Gasteiger charge is 2.22. The lowest BCUT2D eigenvalue weighted by atomic mass is 10.2. The second-order valence-corrected chi connectivity index (χ2v) is 4.55. The van der Waals surface area contributed by atoms with Crippen LogP contribution in [0.2, 0.25) is 0 Å². The monoisotopic (exact) mass is 329 g/mol. The maximum Gasteiger partial charge on any atom is 0.404 e. The fourth-order valence-electron chi connectivity index (χ4n) is 1.48. The molecule has 2 heterocycles. The first-order valence-corrected chi connectivity index (χ1v) is 6.31. The number of pyridine rings is 1. The first-order chi connectivity index (χ1) is 9.15. The molecule has 1 atom stereocenters. The zero-order chi connectivity index (χ0) is 13.7. The highest BCUT2D eigenvalue weighted by molar-refractivity contribution is 9.10. The number of ether oxygens (including phenoxy) is 2. The van der Waals surface area contributed by atoms with Crippen LogP contribution in [0.15, 0.2) is 28.1 Å². The van der Waals surface area contributed by atoms with Crippen molar-refractivity contribution in [1.82, 2.24) is 4.98 Å². The zero-order valence-electron chi connectivity index (χ0n) is 9.91. The van der Waals surface area contributed by atoms with E-state index in [9.17, 15) is 4.79 Å². The summed E-state index contributed by atoms with van der Waals surface area (Å²) >= 11 is 3.28. The molecule has 0 aliphatic carbocycles. The van der Waals surface area contributed by atoms with Crippen LogP contribution in [-0.2, 0) is 9.57 Å². The highest BCUT2D eigenvalue weighted by atomic mass is 79.9. The molecule has 102 valence electrons. The fraction of sp³-hybridized carbons (Fsp3) is 0.364. The van der Waals surface area contributed by atoms with Gasteiger partial charge in [0.05, 0.1) is 5.71 Å². The third-order valence-electron chi connectivity index (χ3n) is 2.32. The van der Waals surface area contributed by atoms with Gasteiger partial charge in [-0.1, -0.05) is 5.16 Å². The van der Waals surface area contributed by atoms with Crippen molar-refractivity contribution in [2.24, 2.45) is 10.9 Å². The van der Waals surface area contributed by atoms with Crippen molar-refractivity contribution in [1.29, 1.82) is 0 Å². The number of amides is 1. The molecule has 2 N–H and O–H groups in total. The Kier molecular flexibility index (Phi) is 4.56. The molecule has 1 unspecified atom stereocenters. The molecule has 0 aromatic carbocycles. The van der Waals surface area contributed by atoms with Gasteiger partial charge in [0.1, 0.15) is 17.8 Å². The van der Waals surface area contributed by atoms with Crippen molar-refractivity contribution in [3.8, 4) is 5.75 Å². The van der Waals surface area contributed by atoms with Gasteiger partial charge in [0, 0.05) is 12.6 Å². The number of carbonyl (C=O) groups is 1. The highest BCUT2D eigenvalue weighted by Crippen LogP contribution is 2.22. The number of carbonyl (C=O) groups excluding carboxylic acids is 1. The fourth-order valence-corrected chi connectivity index (χ4v) is 1.84. The summed E-state index contributed by atoms with van der Waals surface area (Å²) < 4.78 is 10.8. The molecule has 19 heavy (non-hydrogen) atoms. The zero-order valence-corrected chi connectivity index (χ0v) is 11.5. The molecule has 1 aromatic heterocycles. The van der Waals surface area contributed by atoms with Crippen LogP contribution >= 0.6 is 15.9 Å². The lowest BCUT2D eigenvalue weighted by Gasteiger charge is -2.11. The molecule has 1 amide bonds. The smallest absolute Gasteiger partial charge is 0.404 e. The molecule has 1 aliphatic rings. The van der Waals surface area contributed by atoms with Crippen LogP contribution < -0.4 is 10.5 Å². The summed E-state index contributed by atoms with van der Waals surface area (Å²) in [4.78, 5) is 19.6. The first kappa shape index (κ1) is 13.6. The summed E-state index contributed by atoms with van der Waals surface area (Å²) in [6.45, 7) is 0.371. The third-order valence-corrected chi connectivity index (χ3v) is 2.92. The van der Waals surface area contributed by atoms with E-state index in [1.54, 1.807) is 18.3 Å². The number of primary amides is 1. The van der Waals surface area contributed by atoms with Gasteiger partial charge in [0.15, 0.2) is 11.9 Å². The molecule has 0 fully saturated rings. The summed E-state index contributed by atoms with van der Waals surface area (Å²) in [5.74, 6) is 0.632. The second kappa shape index (κ2) is 6.37. The largest absolute Gasteiger partial charge is 0.487 e. The first-order valence-electron chi connectivity index (χ1n) is 5.52. The molecule has 0 radical (unpaired) electrons. The minimum absolute atomic E-state index is 0.0441. The SMILES string of the molecule is NC(=O)OCC1=NOC(COc2cccnc2Br)C1. The van der Waals surface area contributed by atoms with Crippen LogP contribution in [0, 0.1) is 0 Å². The van der Waals surface area contributed by atoms with Gasteiger partial charge in [0.25, 0.3) is 0 Å². The predicted molar refractivity (Wildman–Crippen MR) is 69.9 cm³/mol. The standard InChI is InChI=1S/C11H12BrN3O4/c12-10-9(2-1-3-14-10)17-6-8-4-7(15-19-8)5-18-11(13)16/h1-3,8H,4-6H2,(H2,13,16). The maximum absolute atomic E-state index is 10.5. The van der Waals surface area contributed by atoms with Crippen molar-refractivity contribution < 1.29 is 19.1 Å². The average molecular weight is 330 g/mol. The second-order valence-electron chi connectivity index (χ2n) is 3.80. The molecular weight excluding hydrogens is 318 g/mol. The topological polar surface area (TPSA) is 96.0 Å². The summed E-state index contributed by atoms with van der Waals surface area (Å²) in [6, 6.07) is 3.57. The molecule has 7 nitrogen and oxygen atoms in total. The van der Waals surface area contributed by atoms with Gasteiger partial charge < -0.3 is 20.0 Å². The van der Waals surface area contributed by atoms with E-state index in [-0.39, 0.29) is 12.7 Å². The Morgan fingerprint density at radius 2 is 2.47 bits per heavy atom. The molecule has 0 saturated carbocycles. The van der Waals surface area contributed by atoms with Gasteiger partial charge in [-0.15, -0.1) is 0 Å². The van der Waals surface area contributed by atoms with Crippen LogP contribution in [0.3, 0.4) is 0 Å². The van der Waals surface area contributed by atoms with E-state index in [4.69, 9.17) is 15.3 Å². The van der Waals surface area contributed by atoms with E-state index in [0.29, 0.717) is 29.1 Å². The molecular formula is C11H12BrN3O4. The Morgan fingerprint density at radius 1 is 1.63 bits per heavy atom. The Hall–Kier alpha value is -1.83. The van der Waals surface area contributed by atoms with Gasteiger partial charge >= 0.3 is 6.09 Å². The molecule has 0 bridgehead atoms. The molecule has 0 spiro atoms. The van der Waals surface area contributed by atoms with E-state index >= 15 is 0 Å². The lowest BCUT2D eigenvalue weighted by Crippen LogP contribution is -2.21. The van der Waals surface area contributed by atoms with E-state index in [1.165, 1.54) is 0 Å². The number of aromatic nitrogens is 1. The number of rotatable bonds is 5. The van der Waals surface area contributed by atoms with Crippen LogP contribution in [0.5, 0.6) is 5.75 Å². The average Bonchev–Trinajstić information content (AvgIpc) is 2.83. The number of hydrogen-bond donors (Lipinski definition) is 1. The van der Waals surface area contributed by atoms with Crippen molar-refractivity contribution in [2.75, 3.05) is 13.2 Å². The van der Waals surface area contributed by atoms with E-state index in [2.05, 4.69) is 30.8 Å². The molecule has 1 aliphatic heterocycles. The molecule has 2 rings (SSSR count). The van der Waals surface area contributed by atoms with Crippen LogP contribution in [0.25, 0.3) is 0 Å². The number of nitrogens with two attached hydrogens (primary N) is 1. The molecule has 0 saturated heterocycles. The number of nitrogens with zero attached hydrogens (tertiary/aromatic N) is 2. The minimum atomic E-state index is -0.832. The Bertz CT molecular complexity index is 495. The summed E-state index contributed by atoms with van der Waals surface area (Å²) in [5.41, 5.74) is 5.49. The van der Waals surface area contributed by atoms with Crippen LogP contribution in [-0.4, -0.2) is 36.1 Å². The van der Waals surface area contributed by atoms with E-state index < -0.39 is 6.09 Å². The van der Waals surface area contributed by atoms with Gasteiger partial charge in [-0.25, -0.2) is 9.78 Å². The maximum atomic E-state index is 10.5. The Balaban J connectivity index is 1.75.